The second-order valence-corrected chi connectivity index (χ2v) is 13.6. The van der Waals surface area contributed by atoms with Crippen molar-refractivity contribution in [3.8, 4) is 0 Å². The first-order chi connectivity index (χ1) is 18.2. The summed E-state index contributed by atoms with van der Waals surface area (Å²) in [5.41, 5.74) is 6.81. The molecule has 0 aliphatic heterocycles. The molecule has 0 N–H and O–H groups in total. The van der Waals surface area contributed by atoms with Crippen LogP contribution < -0.4 is 0 Å². The molecule has 2 aliphatic rings. The summed E-state index contributed by atoms with van der Waals surface area (Å²) in [6.07, 6.45) is 13.2. The molecule has 0 bridgehead atoms. The van der Waals surface area contributed by atoms with Crippen molar-refractivity contribution in [1.82, 2.24) is 4.90 Å². The van der Waals surface area contributed by atoms with Gasteiger partial charge < -0.3 is 9.64 Å². The molecule has 4 heteroatoms. The number of ether oxygens (including phenoxy) is 1. The zero-order valence-electron chi connectivity index (χ0n) is 26.8. The van der Waals surface area contributed by atoms with Crippen LogP contribution in [0, 0.1) is 23.7 Å². The predicted molar refractivity (Wildman–Crippen MR) is 168 cm³/mol. The molecule has 4 nitrogen and oxygen atoms in total. The molecule has 0 aromatic carbocycles. The molecule has 1 unspecified atom stereocenters. The van der Waals surface area contributed by atoms with Crippen molar-refractivity contribution in [2.45, 2.75) is 119 Å². The van der Waals surface area contributed by atoms with E-state index in [1.54, 1.807) is 0 Å². The Morgan fingerprint density at radius 1 is 1.05 bits per heavy atom. The summed E-state index contributed by atoms with van der Waals surface area (Å²) < 4.78 is 5.70. The van der Waals surface area contributed by atoms with Crippen molar-refractivity contribution >= 4 is 11.8 Å². The lowest BCUT2D eigenvalue weighted by Gasteiger charge is -2.29. The van der Waals surface area contributed by atoms with Gasteiger partial charge in [-0.2, -0.15) is 0 Å². The van der Waals surface area contributed by atoms with E-state index in [1.807, 2.05) is 32.7 Å². The summed E-state index contributed by atoms with van der Waals surface area (Å²) in [5, 5.41) is 0. The molecule has 2 saturated carbocycles. The van der Waals surface area contributed by atoms with E-state index in [9.17, 15) is 4.79 Å². The minimum Gasteiger partial charge on any atom is -0.444 e. The molecule has 0 aromatic heterocycles. The van der Waals surface area contributed by atoms with E-state index < -0.39 is 5.60 Å². The van der Waals surface area contributed by atoms with Crippen molar-refractivity contribution in [2.75, 3.05) is 20.1 Å². The van der Waals surface area contributed by atoms with Gasteiger partial charge in [-0.25, -0.2) is 4.79 Å². The van der Waals surface area contributed by atoms with Gasteiger partial charge in [0.2, 0.25) is 0 Å². The molecule has 2 aliphatic carbocycles. The fraction of sp³-hybridized carbons (Fsp3) is 0.714. The predicted octanol–water partition coefficient (Wildman–Crippen LogP) is 9.73. The molecule has 1 amide bonds. The standard InChI is InChI=1S/C35H58N2O2/c1-24(2)23-37(34(38)39-35(8,9)10)20-19-26(5)21-31(25(3)4)33(28(7)36-11)32(30-17-18-30)22-27(6)29-15-13-12-14-16-29/h22,24,27,29-30H,3,5,12-21,23H2,1-2,4,6-11H3/b32-22-,33-31+,36-28?. The Bertz CT molecular complexity index is 950. The largest absolute Gasteiger partial charge is 0.444 e. The van der Waals surface area contributed by atoms with E-state index in [-0.39, 0.29) is 6.09 Å². The fourth-order valence-electron chi connectivity index (χ4n) is 5.72. The molecule has 0 heterocycles. The molecular weight excluding hydrogens is 480 g/mol. The molecule has 0 aromatic rings. The van der Waals surface area contributed by atoms with Gasteiger partial charge in [0.25, 0.3) is 0 Å². The van der Waals surface area contributed by atoms with Crippen LogP contribution in [0.2, 0.25) is 0 Å². The molecule has 39 heavy (non-hydrogen) atoms. The van der Waals surface area contributed by atoms with Crippen LogP contribution in [0.25, 0.3) is 0 Å². The third kappa shape index (κ3) is 11.1. The maximum Gasteiger partial charge on any atom is 0.410 e. The first-order valence-electron chi connectivity index (χ1n) is 15.4. The third-order valence-corrected chi connectivity index (χ3v) is 8.06. The Morgan fingerprint density at radius 3 is 2.15 bits per heavy atom. The van der Waals surface area contributed by atoms with Gasteiger partial charge in [0.05, 0.1) is 0 Å². The number of amides is 1. The summed E-state index contributed by atoms with van der Waals surface area (Å²) in [4.78, 5) is 19.4. The average molecular weight is 539 g/mol. The van der Waals surface area contributed by atoms with Gasteiger partial charge in [-0.3, -0.25) is 4.99 Å². The van der Waals surface area contributed by atoms with Crippen LogP contribution in [0.5, 0.6) is 0 Å². The summed E-state index contributed by atoms with van der Waals surface area (Å²) >= 11 is 0. The van der Waals surface area contributed by atoms with Gasteiger partial charge in [-0.1, -0.05) is 70.4 Å². The Labute approximate surface area is 240 Å². The Hall–Kier alpha value is -2.10. The van der Waals surface area contributed by atoms with E-state index in [4.69, 9.17) is 9.73 Å². The second kappa shape index (κ2) is 15.1. The molecule has 0 spiro atoms. The number of rotatable bonds is 13. The summed E-state index contributed by atoms with van der Waals surface area (Å²) in [7, 11) is 1.90. The molecule has 0 radical (unpaired) electrons. The molecule has 0 saturated heterocycles. The van der Waals surface area contributed by atoms with Gasteiger partial charge in [0.15, 0.2) is 0 Å². The highest BCUT2D eigenvalue weighted by molar-refractivity contribution is 6.03. The Morgan fingerprint density at radius 2 is 1.67 bits per heavy atom. The van der Waals surface area contributed by atoms with Crippen LogP contribution in [-0.4, -0.2) is 42.4 Å². The number of allylic oxidation sites excluding steroid dienone is 5. The minimum atomic E-state index is -0.509. The lowest BCUT2D eigenvalue weighted by Crippen LogP contribution is -2.39. The van der Waals surface area contributed by atoms with Gasteiger partial charge in [-0.15, -0.1) is 0 Å². The molecule has 2 fully saturated rings. The maximum absolute atomic E-state index is 12.9. The zero-order chi connectivity index (χ0) is 29.3. The number of hydrogen-bond acceptors (Lipinski definition) is 3. The lowest BCUT2D eigenvalue weighted by molar-refractivity contribution is 0.0230. The SMILES string of the molecule is C=C(CCN(CC(C)C)C(=O)OC(C)(C)C)C/C(C(=C)C)=C(C(C)=NC)\C(=C/C(C)C1CCCCC1)C1CC1. The first-order valence-corrected chi connectivity index (χ1v) is 15.4. The molecule has 220 valence electrons. The van der Waals surface area contributed by atoms with E-state index in [1.165, 1.54) is 61.7 Å². The molecule has 1 atom stereocenters. The Balaban J connectivity index is 2.32. The van der Waals surface area contributed by atoms with E-state index in [0.29, 0.717) is 30.8 Å². The fourth-order valence-corrected chi connectivity index (χ4v) is 5.72. The Kier molecular flexibility index (Phi) is 12.8. The van der Waals surface area contributed by atoms with Crippen LogP contribution in [0.4, 0.5) is 4.79 Å². The number of aliphatic imine (C=N–C) groups is 1. The van der Waals surface area contributed by atoms with Crippen molar-refractivity contribution in [3.05, 3.63) is 47.1 Å². The second-order valence-electron chi connectivity index (χ2n) is 13.6. The zero-order valence-corrected chi connectivity index (χ0v) is 26.8. The number of hydrogen-bond donors (Lipinski definition) is 0. The van der Waals surface area contributed by atoms with E-state index in [2.05, 4.69) is 53.9 Å². The highest BCUT2D eigenvalue weighted by Gasteiger charge is 2.32. The number of nitrogens with zero attached hydrogens (tertiary/aromatic N) is 2. The highest BCUT2D eigenvalue weighted by Crippen LogP contribution is 2.44. The van der Waals surface area contributed by atoms with Crippen molar-refractivity contribution in [2.24, 2.45) is 28.7 Å². The summed E-state index contributed by atoms with van der Waals surface area (Å²) in [5.74, 6) is 2.35. The van der Waals surface area contributed by atoms with Crippen molar-refractivity contribution < 1.29 is 9.53 Å². The normalized spacial score (nSPS) is 19.0. The third-order valence-electron chi connectivity index (χ3n) is 8.06. The van der Waals surface area contributed by atoms with Crippen LogP contribution in [0.15, 0.2) is 52.1 Å². The van der Waals surface area contributed by atoms with Gasteiger partial charge in [-0.05, 0) is 108 Å². The minimum absolute atomic E-state index is 0.245. The quantitative estimate of drug-likeness (QED) is 0.133. The van der Waals surface area contributed by atoms with E-state index >= 15 is 0 Å². The summed E-state index contributed by atoms with van der Waals surface area (Å²) in [6.45, 7) is 26.9. The number of carbonyl (C=O) groups is 1. The molecule has 2 rings (SSSR count). The smallest absolute Gasteiger partial charge is 0.410 e. The lowest BCUT2D eigenvalue weighted by atomic mass is 9.78. The van der Waals surface area contributed by atoms with Gasteiger partial charge in [0, 0.05) is 31.4 Å². The van der Waals surface area contributed by atoms with Gasteiger partial charge in [0.1, 0.15) is 5.60 Å². The monoisotopic (exact) mass is 538 g/mol. The van der Waals surface area contributed by atoms with Crippen molar-refractivity contribution in [1.29, 1.82) is 0 Å². The first kappa shape index (κ1) is 33.1. The maximum atomic E-state index is 12.9. The molecular formula is C35H58N2O2. The summed E-state index contributed by atoms with van der Waals surface area (Å²) in [6, 6.07) is 0. The van der Waals surface area contributed by atoms with Crippen molar-refractivity contribution in [3.63, 3.8) is 0 Å². The number of carbonyl (C=O) groups excluding carboxylic acids is 1. The van der Waals surface area contributed by atoms with Crippen LogP contribution in [-0.2, 0) is 4.74 Å². The van der Waals surface area contributed by atoms with Crippen LogP contribution in [0.3, 0.4) is 0 Å². The van der Waals surface area contributed by atoms with E-state index in [0.717, 1.165) is 35.6 Å². The topological polar surface area (TPSA) is 41.9 Å². The van der Waals surface area contributed by atoms with Gasteiger partial charge >= 0.3 is 6.09 Å². The average Bonchev–Trinajstić information content (AvgIpc) is 3.69. The highest BCUT2D eigenvalue weighted by atomic mass is 16.6. The van der Waals surface area contributed by atoms with Crippen LogP contribution in [0.1, 0.15) is 113 Å². The van der Waals surface area contributed by atoms with Crippen LogP contribution >= 0.6 is 0 Å².